The maximum Gasteiger partial charge on any atom is 0.341 e. The Morgan fingerprint density at radius 3 is 2.50 bits per heavy atom. The first-order valence-electron chi connectivity index (χ1n) is 6.05. The molecule has 2 atom stereocenters. The Morgan fingerprint density at radius 1 is 1.27 bits per heavy atom. The molecule has 9 heteroatoms. The molecule has 116 valence electrons. The maximum absolute atomic E-state index is 13.9. The minimum absolute atomic E-state index is 0.521. The van der Waals surface area contributed by atoms with E-state index in [1.807, 2.05) is 0 Å². The maximum atomic E-state index is 13.9. The van der Waals surface area contributed by atoms with Gasteiger partial charge >= 0.3 is 5.97 Å². The molecule has 1 aromatic carbocycles. The van der Waals surface area contributed by atoms with E-state index in [1.54, 1.807) is 0 Å². The van der Waals surface area contributed by atoms with Crippen LogP contribution in [0.25, 0.3) is 10.9 Å². The normalized spacial score (nSPS) is 20.0. The number of benzene rings is 1. The molecule has 1 N–H and O–H groups in total. The number of halogens is 4. The van der Waals surface area contributed by atoms with E-state index in [0.717, 1.165) is 10.8 Å². The molecule has 5 nitrogen and oxygen atoms in total. The predicted octanol–water partition coefficient (Wildman–Crippen LogP) is 2.37. The van der Waals surface area contributed by atoms with Crippen molar-refractivity contribution in [3.05, 3.63) is 39.4 Å². The summed E-state index contributed by atoms with van der Waals surface area (Å²) < 4.78 is 60.5. The molecule has 1 aliphatic heterocycles. The first-order valence-corrected chi connectivity index (χ1v) is 6.05. The third-order valence-corrected chi connectivity index (χ3v) is 3.53. The molecule has 0 saturated heterocycles. The van der Waals surface area contributed by atoms with Crippen LogP contribution >= 0.6 is 0 Å². The number of carboxylic acid groups (broad SMARTS) is 1. The molecule has 1 aliphatic rings. The van der Waals surface area contributed by atoms with Crippen LogP contribution < -0.4 is 10.2 Å². The number of pyridine rings is 1. The van der Waals surface area contributed by atoms with Crippen molar-refractivity contribution in [2.24, 2.45) is 0 Å². The molecular formula is C13H7F4NO4. The predicted molar refractivity (Wildman–Crippen MR) is 65.3 cm³/mol. The van der Waals surface area contributed by atoms with Crippen LogP contribution in [0.1, 0.15) is 23.3 Å². The Labute approximate surface area is 119 Å². The third kappa shape index (κ3) is 1.65. The summed E-state index contributed by atoms with van der Waals surface area (Å²) in [6, 6.07) is -1.17. The second-order valence-electron chi connectivity index (χ2n) is 4.79. The van der Waals surface area contributed by atoms with Gasteiger partial charge in [-0.05, 0) is 6.92 Å². The number of rotatable bonds is 1. The van der Waals surface area contributed by atoms with E-state index in [0.29, 0.717) is 0 Å². The lowest BCUT2D eigenvalue weighted by atomic mass is 10.1. The summed E-state index contributed by atoms with van der Waals surface area (Å²) in [5, 5.41) is 7.98. The van der Waals surface area contributed by atoms with Crippen molar-refractivity contribution < 1.29 is 32.2 Å². The van der Waals surface area contributed by atoms with Crippen molar-refractivity contribution in [3.63, 3.8) is 0 Å². The van der Waals surface area contributed by atoms with E-state index < -0.39 is 63.5 Å². The average molecular weight is 317 g/mol. The van der Waals surface area contributed by atoms with E-state index in [1.165, 1.54) is 6.92 Å². The number of aromatic carboxylic acids is 1. The first kappa shape index (κ1) is 14.4. The molecule has 0 radical (unpaired) electrons. The Hall–Kier alpha value is -2.58. The number of ether oxygens (including phenoxy) is 1. The lowest BCUT2D eigenvalue weighted by Crippen LogP contribution is -2.32. The smallest absolute Gasteiger partial charge is 0.341 e. The van der Waals surface area contributed by atoms with E-state index in [4.69, 9.17) is 5.11 Å². The van der Waals surface area contributed by atoms with Gasteiger partial charge < -0.3 is 14.4 Å². The zero-order valence-corrected chi connectivity index (χ0v) is 10.9. The Bertz CT molecular complexity index is 892. The van der Waals surface area contributed by atoms with Gasteiger partial charge in [0.15, 0.2) is 17.4 Å². The van der Waals surface area contributed by atoms with Crippen LogP contribution in [0.15, 0.2) is 11.0 Å². The topological polar surface area (TPSA) is 68.5 Å². The van der Waals surface area contributed by atoms with Crippen LogP contribution in [-0.2, 0) is 0 Å². The molecule has 0 amide bonds. The largest absolute Gasteiger partial charge is 0.477 e. The number of nitrogens with zero attached hydrogens (tertiary/aromatic N) is 1. The summed E-state index contributed by atoms with van der Waals surface area (Å²) in [5.74, 6) is -8.32. The first-order chi connectivity index (χ1) is 10.3. The molecule has 1 unspecified atom stereocenters. The van der Waals surface area contributed by atoms with Gasteiger partial charge in [0.1, 0.15) is 11.1 Å². The fourth-order valence-electron chi connectivity index (χ4n) is 2.40. The lowest BCUT2D eigenvalue weighted by molar-refractivity contribution is 0.0124. The molecule has 22 heavy (non-hydrogen) atoms. The third-order valence-electron chi connectivity index (χ3n) is 3.53. The molecular weight excluding hydrogens is 310 g/mol. The van der Waals surface area contributed by atoms with E-state index in [-0.39, 0.29) is 0 Å². The van der Waals surface area contributed by atoms with Gasteiger partial charge in [-0.15, -0.1) is 0 Å². The van der Waals surface area contributed by atoms with Crippen molar-refractivity contribution in [1.82, 2.24) is 4.57 Å². The van der Waals surface area contributed by atoms with Gasteiger partial charge in [0.05, 0.1) is 11.4 Å². The van der Waals surface area contributed by atoms with Gasteiger partial charge in [-0.25, -0.2) is 13.6 Å². The highest BCUT2D eigenvalue weighted by Gasteiger charge is 2.36. The standard InChI is InChI=1S/C13H7F4NO4/c1-3-12(17)22-11-8(16)7(15)6(14)5-9(11)18(3)2-4(10(5)19)13(20)21/h2-3,12H,1H3,(H,20,21)/t3-,12?/m0/s1. The van der Waals surface area contributed by atoms with E-state index in [2.05, 4.69) is 4.74 Å². The zero-order valence-electron chi connectivity index (χ0n) is 10.9. The van der Waals surface area contributed by atoms with Crippen LogP contribution in [0.3, 0.4) is 0 Å². The van der Waals surface area contributed by atoms with Crippen LogP contribution in [-0.4, -0.2) is 22.0 Å². The number of hydrogen-bond acceptors (Lipinski definition) is 3. The number of alkyl halides is 1. The summed E-state index contributed by atoms with van der Waals surface area (Å²) in [7, 11) is 0. The highest BCUT2D eigenvalue weighted by molar-refractivity contribution is 5.95. The van der Waals surface area contributed by atoms with Crippen molar-refractivity contribution in [2.75, 3.05) is 0 Å². The summed E-state index contributed by atoms with van der Waals surface area (Å²) in [6.45, 7) is 1.25. The minimum atomic E-state index is -2.13. The number of carbonyl (C=O) groups is 1. The second kappa shape index (κ2) is 4.46. The molecule has 2 aromatic rings. The van der Waals surface area contributed by atoms with Crippen molar-refractivity contribution >= 4 is 16.9 Å². The van der Waals surface area contributed by atoms with Gasteiger partial charge in [-0.3, -0.25) is 4.79 Å². The van der Waals surface area contributed by atoms with Gasteiger partial charge in [0.25, 0.3) is 6.36 Å². The fraction of sp³-hybridized carbons (Fsp3) is 0.231. The number of hydrogen-bond donors (Lipinski definition) is 1. The highest BCUT2D eigenvalue weighted by Crippen LogP contribution is 2.39. The number of aromatic nitrogens is 1. The van der Waals surface area contributed by atoms with Crippen molar-refractivity contribution in [1.29, 1.82) is 0 Å². The number of carboxylic acids is 1. The quantitative estimate of drug-likeness (QED) is 0.647. The van der Waals surface area contributed by atoms with Gasteiger partial charge in [0.2, 0.25) is 11.2 Å². The van der Waals surface area contributed by atoms with E-state index >= 15 is 0 Å². The van der Waals surface area contributed by atoms with Gasteiger partial charge in [-0.1, -0.05) is 0 Å². The summed E-state index contributed by atoms with van der Waals surface area (Å²) in [5.41, 5.74) is -2.75. The molecule has 0 aliphatic carbocycles. The highest BCUT2D eigenvalue weighted by atomic mass is 19.2. The Balaban J connectivity index is 2.63. The molecule has 0 bridgehead atoms. The van der Waals surface area contributed by atoms with Crippen LogP contribution in [0.4, 0.5) is 17.6 Å². The fourth-order valence-corrected chi connectivity index (χ4v) is 2.40. The van der Waals surface area contributed by atoms with Gasteiger partial charge in [-0.2, -0.15) is 8.78 Å². The average Bonchev–Trinajstić information content (AvgIpc) is 2.46. The summed E-state index contributed by atoms with van der Waals surface area (Å²) in [4.78, 5) is 23.1. The molecule has 0 fully saturated rings. The van der Waals surface area contributed by atoms with Crippen LogP contribution in [0.5, 0.6) is 5.75 Å². The van der Waals surface area contributed by atoms with Crippen molar-refractivity contribution in [3.8, 4) is 5.75 Å². The minimum Gasteiger partial charge on any atom is -0.477 e. The lowest BCUT2D eigenvalue weighted by Gasteiger charge is -2.29. The Morgan fingerprint density at radius 2 is 1.91 bits per heavy atom. The SMILES string of the molecule is C[C@H]1C(F)Oc2c(F)c(F)c(F)c3c(=O)c(C(=O)O)cn1c23. The van der Waals surface area contributed by atoms with Crippen LogP contribution in [0.2, 0.25) is 0 Å². The summed E-state index contributed by atoms with van der Waals surface area (Å²) in [6.07, 6.45) is -1.37. The molecule has 0 spiro atoms. The van der Waals surface area contributed by atoms with Crippen LogP contribution in [0, 0.1) is 17.5 Å². The van der Waals surface area contributed by atoms with E-state index in [9.17, 15) is 27.2 Å². The van der Waals surface area contributed by atoms with Gasteiger partial charge in [0, 0.05) is 6.20 Å². The second-order valence-corrected chi connectivity index (χ2v) is 4.79. The molecule has 1 aromatic heterocycles. The molecule has 2 heterocycles. The monoisotopic (exact) mass is 317 g/mol. The summed E-state index contributed by atoms with van der Waals surface area (Å²) >= 11 is 0. The molecule has 0 saturated carbocycles. The zero-order chi connectivity index (χ0) is 16.3. The molecule has 3 rings (SSSR count). The Kier molecular flexibility index (Phi) is 2.91. The van der Waals surface area contributed by atoms with Crippen molar-refractivity contribution in [2.45, 2.75) is 19.3 Å².